The third-order valence-electron chi connectivity index (χ3n) is 2.63. The van der Waals surface area contributed by atoms with Crippen LogP contribution >= 0.6 is 0 Å². The van der Waals surface area contributed by atoms with Crippen LogP contribution in [0, 0.1) is 5.82 Å². The Kier molecular flexibility index (Phi) is 5.77. The van der Waals surface area contributed by atoms with Crippen LogP contribution in [0.3, 0.4) is 0 Å². The maximum atomic E-state index is 12.6. The van der Waals surface area contributed by atoms with Crippen LogP contribution in [0.25, 0.3) is 0 Å². The first-order valence-electron chi connectivity index (χ1n) is 5.96. The van der Waals surface area contributed by atoms with Crippen molar-refractivity contribution in [3.8, 4) is 0 Å². The largest absolute Gasteiger partial charge is 0.306 e. The predicted octanol–water partition coefficient (Wildman–Crippen LogP) is 2.53. The summed E-state index contributed by atoms with van der Waals surface area (Å²) in [6, 6.07) is 2.70. The molecule has 1 rings (SSSR count). The van der Waals surface area contributed by atoms with E-state index in [-0.39, 0.29) is 5.78 Å². The fourth-order valence-electron chi connectivity index (χ4n) is 1.50. The average Bonchev–Trinajstić information content (AvgIpc) is 2.34. The molecule has 0 bridgehead atoms. The number of Topliss-reactive ketones (excluding diaryl/α,β-unsaturated/α-hetero) is 1. The van der Waals surface area contributed by atoms with E-state index in [1.165, 1.54) is 12.1 Å². The maximum Gasteiger partial charge on any atom is 0.182 e. The molecular weight excluding hydrogens is 219 g/mol. The fourth-order valence-corrected chi connectivity index (χ4v) is 1.50. The Morgan fingerprint density at radius 2 is 2.18 bits per heavy atom. The minimum atomic E-state index is -0.415. The number of hydrogen-bond acceptors (Lipinski definition) is 3. The molecule has 1 heterocycles. The molecule has 1 aromatic rings. The van der Waals surface area contributed by atoms with Crippen molar-refractivity contribution in [1.82, 2.24) is 9.88 Å². The first-order valence-corrected chi connectivity index (χ1v) is 5.96. The Bertz CT molecular complexity index is 351. The molecule has 0 atom stereocenters. The Labute approximate surface area is 102 Å². The smallest absolute Gasteiger partial charge is 0.182 e. The van der Waals surface area contributed by atoms with Crippen LogP contribution in [0.4, 0.5) is 4.39 Å². The van der Waals surface area contributed by atoms with E-state index in [0.29, 0.717) is 12.1 Å². The normalized spacial score (nSPS) is 10.8. The second-order valence-corrected chi connectivity index (χ2v) is 4.19. The minimum absolute atomic E-state index is 0.0339. The molecule has 0 saturated heterocycles. The Balaban J connectivity index is 2.36. The summed E-state index contributed by atoms with van der Waals surface area (Å²) in [4.78, 5) is 17.6. The van der Waals surface area contributed by atoms with Crippen molar-refractivity contribution in [2.75, 3.05) is 20.1 Å². The molecule has 0 unspecified atom stereocenters. The molecule has 0 spiro atoms. The van der Waals surface area contributed by atoms with E-state index in [1.54, 1.807) is 0 Å². The quantitative estimate of drug-likeness (QED) is 0.684. The van der Waals surface area contributed by atoms with E-state index in [9.17, 15) is 9.18 Å². The molecule has 0 N–H and O–H groups in total. The summed E-state index contributed by atoms with van der Waals surface area (Å²) in [6.45, 7) is 3.86. The van der Waals surface area contributed by atoms with Gasteiger partial charge in [-0.1, -0.05) is 13.3 Å². The topological polar surface area (TPSA) is 33.2 Å². The van der Waals surface area contributed by atoms with Gasteiger partial charge in [-0.3, -0.25) is 9.78 Å². The molecule has 4 heteroatoms. The first kappa shape index (κ1) is 13.8. The van der Waals surface area contributed by atoms with Gasteiger partial charge < -0.3 is 4.90 Å². The van der Waals surface area contributed by atoms with Crippen LogP contribution in [0.2, 0.25) is 0 Å². The van der Waals surface area contributed by atoms with Crippen LogP contribution in [-0.2, 0) is 0 Å². The van der Waals surface area contributed by atoms with Crippen molar-refractivity contribution >= 4 is 5.78 Å². The van der Waals surface area contributed by atoms with E-state index in [4.69, 9.17) is 0 Å². The predicted molar refractivity (Wildman–Crippen MR) is 65.5 cm³/mol. The molecule has 0 radical (unpaired) electrons. The lowest BCUT2D eigenvalue weighted by Gasteiger charge is -2.14. The number of pyridine rings is 1. The summed E-state index contributed by atoms with van der Waals surface area (Å²) in [5.74, 6) is -0.449. The van der Waals surface area contributed by atoms with Crippen molar-refractivity contribution in [2.24, 2.45) is 0 Å². The third-order valence-corrected chi connectivity index (χ3v) is 2.63. The SMILES string of the molecule is CCCCN(C)CCC(=O)c1ccc(F)cn1. The number of carbonyl (C=O) groups excluding carboxylic acids is 1. The van der Waals surface area contributed by atoms with Gasteiger partial charge in [-0.15, -0.1) is 0 Å². The van der Waals surface area contributed by atoms with Crippen molar-refractivity contribution in [3.63, 3.8) is 0 Å². The summed E-state index contributed by atoms with van der Waals surface area (Å²) >= 11 is 0. The zero-order valence-electron chi connectivity index (χ0n) is 10.4. The maximum absolute atomic E-state index is 12.6. The minimum Gasteiger partial charge on any atom is -0.306 e. The summed E-state index contributed by atoms with van der Waals surface area (Å²) < 4.78 is 12.6. The van der Waals surface area contributed by atoms with Gasteiger partial charge in [0.25, 0.3) is 0 Å². The van der Waals surface area contributed by atoms with Crippen LogP contribution in [0.1, 0.15) is 36.7 Å². The van der Waals surface area contributed by atoms with Gasteiger partial charge in [0.15, 0.2) is 5.78 Å². The lowest BCUT2D eigenvalue weighted by Crippen LogP contribution is -2.23. The lowest BCUT2D eigenvalue weighted by atomic mass is 10.2. The van der Waals surface area contributed by atoms with E-state index in [2.05, 4.69) is 16.8 Å². The fraction of sp³-hybridized carbons (Fsp3) is 0.538. The summed E-state index contributed by atoms with van der Waals surface area (Å²) in [5.41, 5.74) is 0.343. The molecule has 0 aromatic carbocycles. The number of nitrogens with zero attached hydrogens (tertiary/aromatic N) is 2. The molecule has 0 aliphatic carbocycles. The second kappa shape index (κ2) is 7.12. The first-order chi connectivity index (χ1) is 8.13. The lowest BCUT2D eigenvalue weighted by molar-refractivity contribution is 0.0964. The van der Waals surface area contributed by atoms with E-state index >= 15 is 0 Å². The molecule has 0 amide bonds. The highest BCUT2D eigenvalue weighted by Gasteiger charge is 2.08. The highest BCUT2D eigenvalue weighted by Crippen LogP contribution is 2.03. The number of rotatable bonds is 7. The Morgan fingerprint density at radius 1 is 1.41 bits per heavy atom. The van der Waals surface area contributed by atoms with Crippen molar-refractivity contribution in [2.45, 2.75) is 26.2 Å². The molecule has 0 saturated carbocycles. The van der Waals surface area contributed by atoms with Gasteiger partial charge in [0, 0.05) is 13.0 Å². The van der Waals surface area contributed by atoms with Gasteiger partial charge in [-0.05, 0) is 32.1 Å². The number of hydrogen-bond donors (Lipinski definition) is 0. The Morgan fingerprint density at radius 3 is 2.76 bits per heavy atom. The van der Waals surface area contributed by atoms with Crippen LogP contribution in [-0.4, -0.2) is 35.8 Å². The number of halogens is 1. The van der Waals surface area contributed by atoms with Gasteiger partial charge >= 0.3 is 0 Å². The molecule has 0 aliphatic heterocycles. The van der Waals surface area contributed by atoms with Crippen molar-refractivity contribution in [1.29, 1.82) is 0 Å². The van der Waals surface area contributed by atoms with Crippen LogP contribution in [0.15, 0.2) is 18.3 Å². The Hall–Kier alpha value is -1.29. The molecule has 17 heavy (non-hydrogen) atoms. The monoisotopic (exact) mass is 238 g/mol. The van der Waals surface area contributed by atoms with Crippen LogP contribution in [0.5, 0.6) is 0 Å². The molecular formula is C13H19FN2O. The van der Waals surface area contributed by atoms with E-state index < -0.39 is 5.82 Å². The van der Waals surface area contributed by atoms with Gasteiger partial charge in [-0.25, -0.2) is 4.39 Å². The van der Waals surface area contributed by atoms with Crippen LogP contribution < -0.4 is 0 Å². The summed E-state index contributed by atoms with van der Waals surface area (Å²) in [6.07, 6.45) is 3.80. The molecule has 1 aromatic heterocycles. The number of ketones is 1. The van der Waals surface area contributed by atoms with Gasteiger partial charge in [0.1, 0.15) is 11.5 Å². The zero-order chi connectivity index (χ0) is 12.7. The van der Waals surface area contributed by atoms with E-state index in [1.807, 2.05) is 7.05 Å². The molecule has 94 valence electrons. The van der Waals surface area contributed by atoms with Gasteiger partial charge in [0.05, 0.1) is 6.20 Å². The molecule has 3 nitrogen and oxygen atoms in total. The summed E-state index contributed by atoms with van der Waals surface area (Å²) in [7, 11) is 2.00. The van der Waals surface area contributed by atoms with Gasteiger partial charge in [-0.2, -0.15) is 0 Å². The zero-order valence-corrected chi connectivity index (χ0v) is 10.4. The molecule has 0 fully saturated rings. The number of aromatic nitrogens is 1. The van der Waals surface area contributed by atoms with Crippen molar-refractivity contribution < 1.29 is 9.18 Å². The average molecular weight is 238 g/mol. The standard InChI is InChI=1S/C13H19FN2O/c1-3-4-8-16(2)9-7-13(17)12-6-5-11(14)10-15-12/h5-6,10H,3-4,7-9H2,1-2H3. The van der Waals surface area contributed by atoms with E-state index in [0.717, 1.165) is 32.1 Å². The highest BCUT2D eigenvalue weighted by atomic mass is 19.1. The second-order valence-electron chi connectivity index (χ2n) is 4.19. The number of unbranched alkanes of at least 4 members (excludes halogenated alkanes) is 1. The third kappa shape index (κ3) is 5.04. The molecule has 0 aliphatic rings. The van der Waals surface area contributed by atoms with Gasteiger partial charge in [0.2, 0.25) is 0 Å². The highest BCUT2D eigenvalue weighted by molar-refractivity contribution is 5.94. The summed E-state index contributed by atoms with van der Waals surface area (Å²) in [5, 5.41) is 0. The van der Waals surface area contributed by atoms with Crippen molar-refractivity contribution in [3.05, 3.63) is 29.8 Å². The number of carbonyl (C=O) groups is 1.